The summed E-state index contributed by atoms with van der Waals surface area (Å²) in [6, 6.07) is 12.5. The van der Waals surface area contributed by atoms with Crippen LogP contribution in [0.2, 0.25) is 0 Å². The quantitative estimate of drug-likeness (QED) is 0.878. The van der Waals surface area contributed by atoms with E-state index < -0.39 is 0 Å². The first-order chi connectivity index (χ1) is 12.1. The number of hydrogen-bond acceptors (Lipinski definition) is 4. The van der Waals surface area contributed by atoms with Gasteiger partial charge in [-0.25, -0.2) is 0 Å². The molecule has 2 aromatic carbocycles. The van der Waals surface area contributed by atoms with Gasteiger partial charge in [-0.3, -0.25) is 9.59 Å². The summed E-state index contributed by atoms with van der Waals surface area (Å²) < 4.78 is 10.5. The van der Waals surface area contributed by atoms with Crippen molar-refractivity contribution in [1.29, 1.82) is 0 Å². The summed E-state index contributed by atoms with van der Waals surface area (Å²) in [5.74, 6) is 1.15. The maximum absolute atomic E-state index is 12.1. The summed E-state index contributed by atoms with van der Waals surface area (Å²) in [5.41, 5.74) is 2.51. The summed E-state index contributed by atoms with van der Waals surface area (Å²) in [4.78, 5) is 25.7. The van der Waals surface area contributed by atoms with Gasteiger partial charge in [-0.15, -0.1) is 0 Å². The third-order valence-corrected chi connectivity index (χ3v) is 4.04. The minimum Gasteiger partial charge on any atom is -0.497 e. The number of ether oxygens (including phenoxy) is 2. The fourth-order valence-electron chi connectivity index (χ4n) is 2.83. The van der Waals surface area contributed by atoms with Gasteiger partial charge >= 0.3 is 0 Å². The number of fused-ring (bicyclic) bond motifs is 1. The molecule has 0 bridgehead atoms. The third kappa shape index (κ3) is 3.74. The van der Waals surface area contributed by atoms with Crippen LogP contribution in [0.15, 0.2) is 42.5 Å². The second-order valence-electron chi connectivity index (χ2n) is 5.67. The maximum atomic E-state index is 12.1. The lowest BCUT2D eigenvalue weighted by molar-refractivity contribution is -0.118. The van der Waals surface area contributed by atoms with Gasteiger partial charge in [0.05, 0.1) is 13.5 Å². The lowest BCUT2D eigenvalue weighted by Gasteiger charge is -2.15. The molecule has 25 heavy (non-hydrogen) atoms. The lowest BCUT2D eigenvalue weighted by Crippen LogP contribution is -2.25. The zero-order chi connectivity index (χ0) is 17.8. The maximum Gasteiger partial charge on any atom is 0.262 e. The highest BCUT2D eigenvalue weighted by Gasteiger charge is 2.25. The molecule has 0 atom stereocenters. The van der Waals surface area contributed by atoms with E-state index in [0.29, 0.717) is 24.4 Å². The van der Waals surface area contributed by atoms with Crippen LogP contribution < -0.4 is 19.7 Å². The molecule has 2 amide bonds. The fraction of sp³-hybridized carbons (Fsp3) is 0.263. The standard InChI is InChI=1S/C19H20N2O4/c1-3-21-17-9-4-14(10-13(17)11-19(21)23)20-18(22)12-25-16-7-5-15(24-2)6-8-16/h4-10H,3,11-12H2,1-2H3,(H,20,22). The van der Waals surface area contributed by atoms with E-state index in [-0.39, 0.29) is 18.4 Å². The second-order valence-corrected chi connectivity index (χ2v) is 5.67. The van der Waals surface area contributed by atoms with E-state index in [1.54, 1.807) is 42.3 Å². The van der Waals surface area contributed by atoms with Gasteiger partial charge < -0.3 is 19.7 Å². The van der Waals surface area contributed by atoms with Crippen LogP contribution >= 0.6 is 0 Å². The molecule has 0 spiro atoms. The molecule has 0 aromatic heterocycles. The van der Waals surface area contributed by atoms with Gasteiger partial charge in [0.2, 0.25) is 5.91 Å². The molecule has 2 aromatic rings. The number of amides is 2. The molecule has 0 fully saturated rings. The van der Waals surface area contributed by atoms with Crippen molar-refractivity contribution < 1.29 is 19.1 Å². The molecule has 6 heteroatoms. The minimum atomic E-state index is -0.257. The van der Waals surface area contributed by atoms with Crippen LogP contribution in [0.25, 0.3) is 0 Å². The van der Waals surface area contributed by atoms with Gasteiger partial charge in [0.15, 0.2) is 6.61 Å². The van der Waals surface area contributed by atoms with Crippen molar-refractivity contribution in [3.05, 3.63) is 48.0 Å². The number of carbonyl (C=O) groups excluding carboxylic acids is 2. The highest BCUT2D eigenvalue weighted by molar-refractivity contribution is 6.02. The molecule has 0 unspecified atom stereocenters. The largest absolute Gasteiger partial charge is 0.497 e. The van der Waals surface area contributed by atoms with E-state index in [2.05, 4.69) is 5.32 Å². The second kappa shape index (κ2) is 7.25. The SMILES string of the molecule is CCN1C(=O)Cc2cc(NC(=O)COc3ccc(OC)cc3)ccc21. The Morgan fingerprint density at radius 2 is 1.88 bits per heavy atom. The lowest BCUT2D eigenvalue weighted by atomic mass is 10.1. The van der Waals surface area contributed by atoms with Crippen LogP contribution in [0.5, 0.6) is 11.5 Å². The Balaban J connectivity index is 1.58. The van der Waals surface area contributed by atoms with E-state index in [1.807, 2.05) is 19.1 Å². The first kappa shape index (κ1) is 16.8. The molecule has 0 radical (unpaired) electrons. The van der Waals surface area contributed by atoms with E-state index in [0.717, 1.165) is 17.0 Å². The topological polar surface area (TPSA) is 67.9 Å². The van der Waals surface area contributed by atoms with Gasteiger partial charge in [-0.1, -0.05) is 0 Å². The van der Waals surface area contributed by atoms with E-state index in [9.17, 15) is 9.59 Å². The molecule has 130 valence electrons. The number of anilines is 2. The summed E-state index contributed by atoms with van der Waals surface area (Å²) >= 11 is 0. The van der Waals surface area contributed by atoms with Gasteiger partial charge in [0, 0.05) is 17.9 Å². The first-order valence-corrected chi connectivity index (χ1v) is 8.10. The Morgan fingerprint density at radius 1 is 1.16 bits per heavy atom. The minimum absolute atomic E-state index is 0.0869. The predicted molar refractivity (Wildman–Crippen MR) is 95.3 cm³/mol. The number of methoxy groups -OCH3 is 1. The van der Waals surface area contributed by atoms with Crippen molar-refractivity contribution in [3.63, 3.8) is 0 Å². The molecule has 1 heterocycles. The summed E-state index contributed by atoms with van der Waals surface area (Å²) in [6.07, 6.45) is 0.370. The molecule has 6 nitrogen and oxygen atoms in total. The normalized spacial score (nSPS) is 12.7. The van der Waals surface area contributed by atoms with Crippen molar-refractivity contribution in [1.82, 2.24) is 0 Å². The van der Waals surface area contributed by atoms with Gasteiger partial charge in [-0.2, -0.15) is 0 Å². The monoisotopic (exact) mass is 340 g/mol. The Morgan fingerprint density at radius 3 is 2.56 bits per heavy atom. The fourth-order valence-corrected chi connectivity index (χ4v) is 2.83. The predicted octanol–water partition coefficient (Wildman–Crippen LogP) is 2.62. The van der Waals surface area contributed by atoms with Crippen LogP contribution in [0.4, 0.5) is 11.4 Å². The van der Waals surface area contributed by atoms with Crippen LogP contribution in [0.3, 0.4) is 0 Å². The summed E-state index contributed by atoms with van der Waals surface area (Å²) in [5, 5.41) is 2.79. The highest BCUT2D eigenvalue weighted by Crippen LogP contribution is 2.30. The number of hydrogen-bond donors (Lipinski definition) is 1. The molecule has 0 saturated carbocycles. The average molecular weight is 340 g/mol. The molecular weight excluding hydrogens is 320 g/mol. The molecule has 0 aliphatic carbocycles. The third-order valence-electron chi connectivity index (χ3n) is 4.04. The number of nitrogens with one attached hydrogen (secondary N) is 1. The molecule has 1 aliphatic heterocycles. The Hall–Kier alpha value is -3.02. The number of rotatable bonds is 6. The Bertz CT molecular complexity index is 787. The van der Waals surface area contributed by atoms with Gasteiger partial charge in [0.25, 0.3) is 5.91 Å². The van der Waals surface area contributed by atoms with Crippen molar-refractivity contribution in [2.75, 3.05) is 30.5 Å². The van der Waals surface area contributed by atoms with Gasteiger partial charge in [-0.05, 0) is 55.0 Å². The van der Waals surface area contributed by atoms with Crippen LogP contribution in [-0.4, -0.2) is 32.1 Å². The number of likely N-dealkylation sites (N-methyl/N-ethyl adjacent to an activating group) is 1. The first-order valence-electron chi connectivity index (χ1n) is 8.10. The molecular formula is C19H20N2O4. The van der Waals surface area contributed by atoms with Crippen molar-refractivity contribution in [2.45, 2.75) is 13.3 Å². The summed E-state index contributed by atoms with van der Waals surface area (Å²) in [7, 11) is 1.59. The highest BCUT2D eigenvalue weighted by atomic mass is 16.5. The molecule has 3 rings (SSSR count). The van der Waals surface area contributed by atoms with Crippen LogP contribution in [-0.2, 0) is 16.0 Å². The molecule has 1 N–H and O–H groups in total. The number of nitrogens with zero attached hydrogens (tertiary/aromatic N) is 1. The summed E-state index contributed by atoms with van der Waals surface area (Å²) in [6.45, 7) is 2.50. The molecule has 0 saturated heterocycles. The van der Waals surface area contributed by atoms with Crippen molar-refractivity contribution in [3.8, 4) is 11.5 Å². The smallest absolute Gasteiger partial charge is 0.262 e. The van der Waals surface area contributed by atoms with Gasteiger partial charge in [0.1, 0.15) is 11.5 Å². The molecule has 1 aliphatic rings. The van der Waals surface area contributed by atoms with Crippen LogP contribution in [0.1, 0.15) is 12.5 Å². The zero-order valence-corrected chi connectivity index (χ0v) is 14.2. The Kier molecular flexibility index (Phi) is 4.88. The van der Waals surface area contributed by atoms with E-state index in [4.69, 9.17) is 9.47 Å². The average Bonchev–Trinajstić information content (AvgIpc) is 2.94. The van der Waals surface area contributed by atoms with Crippen LogP contribution in [0, 0.1) is 0 Å². The number of benzene rings is 2. The van der Waals surface area contributed by atoms with E-state index in [1.165, 1.54) is 0 Å². The number of carbonyl (C=O) groups is 2. The van der Waals surface area contributed by atoms with E-state index >= 15 is 0 Å². The Labute approximate surface area is 146 Å². The zero-order valence-electron chi connectivity index (χ0n) is 14.2. The van der Waals surface area contributed by atoms with Crippen molar-refractivity contribution >= 4 is 23.2 Å². The van der Waals surface area contributed by atoms with Crippen molar-refractivity contribution in [2.24, 2.45) is 0 Å².